The zero-order valence-corrected chi connectivity index (χ0v) is 29.0. The molecule has 0 amide bonds. The number of carbonyl (C=O) groups excluding carboxylic acids is 2. The highest BCUT2D eigenvalue weighted by molar-refractivity contribution is 7.99. The molecular weight excluding hydrogens is 661 g/mol. The number of rotatable bonds is 15. The van der Waals surface area contributed by atoms with Crippen LogP contribution in [0.25, 0.3) is 11.4 Å². The van der Waals surface area contributed by atoms with Crippen LogP contribution in [0.2, 0.25) is 0 Å². The van der Waals surface area contributed by atoms with Crippen molar-refractivity contribution in [3.05, 3.63) is 180 Å². The second-order valence-corrected chi connectivity index (χ2v) is 14.0. The van der Waals surface area contributed by atoms with Crippen molar-refractivity contribution in [1.29, 1.82) is 0 Å². The normalized spacial score (nSPS) is 12.1. The first-order chi connectivity index (χ1) is 24.6. The number of hydrogen-bond donors (Lipinski definition) is 0. The van der Waals surface area contributed by atoms with Crippen molar-refractivity contribution >= 4 is 35.5 Å². The molecule has 2 unspecified atom stereocenters. The number of benzene rings is 4. The van der Waals surface area contributed by atoms with Crippen molar-refractivity contribution in [2.24, 2.45) is 0 Å². The highest BCUT2D eigenvalue weighted by Crippen LogP contribution is 2.39. The Morgan fingerprint density at radius 2 is 0.860 bits per heavy atom. The number of carbonyl (C=O) groups is 2. The SMILES string of the molecule is O=C(CC(Sc1ccccc1)c1ccccc1)OCc1ccnc(-c2cc(COC(=O)CC(Sc3ccccc3)c3ccccc3)ccn2)c1. The van der Waals surface area contributed by atoms with E-state index in [0.29, 0.717) is 11.4 Å². The Balaban J connectivity index is 1.05. The average Bonchev–Trinajstić information content (AvgIpc) is 3.17. The van der Waals surface area contributed by atoms with Crippen LogP contribution in [0.1, 0.15) is 45.6 Å². The Labute approximate surface area is 301 Å². The van der Waals surface area contributed by atoms with E-state index in [2.05, 4.69) is 9.97 Å². The van der Waals surface area contributed by atoms with Gasteiger partial charge >= 0.3 is 11.9 Å². The molecule has 50 heavy (non-hydrogen) atoms. The van der Waals surface area contributed by atoms with Gasteiger partial charge in [-0.1, -0.05) is 97.1 Å². The highest BCUT2D eigenvalue weighted by atomic mass is 32.2. The van der Waals surface area contributed by atoms with Crippen LogP contribution in [0, 0.1) is 0 Å². The van der Waals surface area contributed by atoms with Crippen LogP contribution < -0.4 is 0 Å². The number of aromatic nitrogens is 2. The van der Waals surface area contributed by atoms with E-state index in [0.717, 1.165) is 32.0 Å². The molecule has 4 aromatic carbocycles. The minimum absolute atomic E-state index is 0.0769. The molecule has 250 valence electrons. The fraction of sp³-hybridized carbons (Fsp3) is 0.143. The minimum atomic E-state index is -0.278. The fourth-order valence-electron chi connectivity index (χ4n) is 5.27. The Kier molecular flexibility index (Phi) is 12.5. The van der Waals surface area contributed by atoms with E-state index < -0.39 is 0 Å². The lowest BCUT2D eigenvalue weighted by Crippen LogP contribution is -2.09. The number of ether oxygens (including phenoxy) is 2. The molecule has 0 N–H and O–H groups in total. The van der Waals surface area contributed by atoms with Gasteiger partial charge in [0.25, 0.3) is 0 Å². The third-order valence-corrected chi connectivity index (χ3v) is 10.3. The Morgan fingerprint density at radius 1 is 0.500 bits per heavy atom. The first kappa shape index (κ1) is 34.7. The summed E-state index contributed by atoms with van der Waals surface area (Å²) >= 11 is 3.30. The smallest absolute Gasteiger partial charge is 0.307 e. The highest BCUT2D eigenvalue weighted by Gasteiger charge is 2.20. The predicted molar refractivity (Wildman–Crippen MR) is 199 cm³/mol. The van der Waals surface area contributed by atoms with Crippen LogP contribution in [-0.4, -0.2) is 21.9 Å². The molecule has 2 atom stereocenters. The van der Waals surface area contributed by atoms with Gasteiger partial charge in [0, 0.05) is 32.7 Å². The Morgan fingerprint density at radius 3 is 1.24 bits per heavy atom. The Hall–Kier alpha value is -5.18. The molecule has 0 spiro atoms. The van der Waals surface area contributed by atoms with Crippen molar-refractivity contribution in [3.8, 4) is 11.4 Å². The van der Waals surface area contributed by atoms with Crippen LogP contribution in [0.4, 0.5) is 0 Å². The molecule has 0 saturated carbocycles. The van der Waals surface area contributed by atoms with E-state index in [1.165, 1.54) is 0 Å². The fourth-order valence-corrected chi connectivity index (χ4v) is 7.58. The average molecular weight is 697 g/mol. The van der Waals surface area contributed by atoms with Gasteiger partial charge in [0.2, 0.25) is 0 Å². The zero-order valence-electron chi connectivity index (χ0n) is 27.3. The molecular formula is C42H36N2O4S2. The molecule has 0 bridgehead atoms. The summed E-state index contributed by atoms with van der Waals surface area (Å²) in [4.78, 5) is 37.3. The van der Waals surface area contributed by atoms with Crippen LogP contribution in [-0.2, 0) is 32.3 Å². The van der Waals surface area contributed by atoms with Gasteiger partial charge in [-0.3, -0.25) is 19.6 Å². The van der Waals surface area contributed by atoms with E-state index in [9.17, 15) is 9.59 Å². The van der Waals surface area contributed by atoms with Crippen LogP contribution in [0.15, 0.2) is 168 Å². The quantitative estimate of drug-likeness (QED) is 0.0776. The summed E-state index contributed by atoms with van der Waals surface area (Å²) < 4.78 is 11.5. The van der Waals surface area contributed by atoms with E-state index in [-0.39, 0.29) is 48.5 Å². The van der Waals surface area contributed by atoms with Crippen molar-refractivity contribution in [2.45, 2.75) is 46.3 Å². The summed E-state index contributed by atoms with van der Waals surface area (Å²) in [5.41, 5.74) is 5.02. The number of nitrogens with zero attached hydrogens (tertiary/aromatic N) is 2. The van der Waals surface area contributed by atoms with Crippen molar-refractivity contribution in [1.82, 2.24) is 9.97 Å². The lowest BCUT2D eigenvalue weighted by molar-refractivity contribution is -0.145. The number of thioether (sulfide) groups is 2. The van der Waals surface area contributed by atoms with E-state index in [1.807, 2.05) is 146 Å². The molecule has 0 saturated heterocycles. The molecule has 8 heteroatoms. The summed E-state index contributed by atoms with van der Waals surface area (Å²) in [7, 11) is 0. The second-order valence-electron chi connectivity index (χ2n) is 11.5. The van der Waals surface area contributed by atoms with Crippen LogP contribution >= 0.6 is 23.5 Å². The Bertz CT molecular complexity index is 1820. The van der Waals surface area contributed by atoms with Crippen LogP contribution in [0.5, 0.6) is 0 Å². The van der Waals surface area contributed by atoms with E-state index >= 15 is 0 Å². The zero-order chi connectivity index (χ0) is 34.4. The standard InChI is InChI=1S/C42H36N2O4S2/c45-41(27-39(33-13-5-1-6-14-33)49-35-17-9-3-10-18-35)47-29-31-21-23-43-37(25-31)38-26-32(22-24-44-38)30-48-42(46)28-40(34-15-7-2-8-16-34)50-36-19-11-4-12-20-36/h1-26,39-40H,27-30H2. The largest absolute Gasteiger partial charge is 0.461 e. The molecule has 6 rings (SSSR count). The molecule has 2 heterocycles. The molecule has 6 nitrogen and oxygen atoms in total. The predicted octanol–water partition coefficient (Wildman–Crippen LogP) is 10.1. The lowest BCUT2D eigenvalue weighted by atomic mass is 10.1. The number of pyridine rings is 2. The third-order valence-electron chi connectivity index (χ3n) is 7.80. The summed E-state index contributed by atoms with van der Waals surface area (Å²) in [6.07, 6.45) is 3.83. The summed E-state index contributed by atoms with van der Waals surface area (Å²) in [5, 5.41) is -0.154. The molecule has 0 aliphatic carbocycles. The van der Waals surface area contributed by atoms with Gasteiger partial charge in [-0.25, -0.2) is 0 Å². The molecule has 2 aromatic heterocycles. The maximum atomic E-state index is 13.0. The maximum Gasteiger partial charge on any atom is 0.307 e. The van der Waals surface area contributed by atoms with E-state index in [4.69, 9.17) is 9.47 Å². The lowest BCUT2D eigenvalue weighted by Gasteiger charge is -2.17. The van der Waals surface area contributed by atoms with Crippen molar-refractivity contribution in [2.75, 3.05) is 0 Å². The summed E-state index contributed by atoms with van der Waals surface area (Å²) in [6.45, 7) is 0.236. The monoisotopic (exact) mass is 696 g/mol. The molecule has 6 aromatic rings. The van der Waals surface area contributed by atoms with Crippen LogP contribution in [0.3, 0.4) is 0 Å². The molecule has 0 aliphatic heterocycles. The minimum Gasteiger partial charge on any atom is -0.461 e. The number of esters is 2. The maximum absolute atomic E-state index is 13.0. The first-order valence-electron chi connectivity index (χ1n) is 16.3. The first-order valence-corrected chi connectivity index (χ1v) is 18.1. The van der Waals surface area contributed by atoms with Crippen molar-refractivity contribution in [3.63, 3.8) is 0 Å². The van der Waals surface area contributed by atoms with Gasteiger partial charge in [-0.15, -0.1) is 23.5 Å². The van der Waals surface area contributed by atoms with Gasteiger partial charge in [-0.05, 0) is 70.8 Å². The van der Waals surface area contributed by atoms with Crippen molar-refractivity contribution < 1.29 is 19.1 Å². The topological polar surface area (TPSA) is 78.4 Å². The van der Waals surface area contributed by atoms with E-state index in [1.54, 1.807) is 35.9 Å². The molecule has 0 radical (unpaired) electrons. The second kappa shape index (κ2) is 18.0. The van der Waals surface area contributed by atoms with Gasteiger partial charge in [0.1, 0.15) is 13.2 Å². The summed E-state index contributed by atoms with van der Waals surface area (Å²) in [6, 6.07) is 47.6. The number of hydrogen-bond acceptors (Lipinski definition) is 8. The van der Waals surface area contributed by atoms with Gasteiger partial charge in [-0.2, -0.15) is 0 Å². The van der Waals surface area contributed by atoms with Gasteiger partial charge in [0.05, 0.1) is 24.2 Å². The molecule has 0 aliphatic rings. The summed E-state index contributed by atoms with van der Waals surface area (Å²) in [5.74, 6) is -0.557. The third kappa shape index (κ3) is 10.4. The van der Waals surface area contributed by atoms with Gasteiger partial charge < -0.3 is 9.47 Å². The van der Waals surface area contributed by atoms with Gasteiger partial charge in [0.15, 0.2) is 0 Å². The molecule has 0 fully saturated rings.